The number of nitrogens with one attached hydrogen (secondary N) is 1. The second-order valence-electron chi connectivity index (χ2n) is 3.73. The summed E-state index contributed by atoms with van der Waals surface area (Å²) in [4.78, 5) is 8.20. The molecule has 0 aliphatic heterocycles. The molecule has 2 N–H and O–H groups in total. The average Bonchev–Trinajstić information content (AvgIpc) is 2.36. The number of thioether (sulfide) groups is 1. The molecule has 0 aliphatic rings. The second kappa shape index (κ2) is 6.06. The molecule has 0 amide bonds. The monoisotopic (exact) mass is 241 g/mol. The minimum Gasteiger partial charge on any atom is -0.388 e. The van der Waals surface area contributed by atoms with E-state index in [2.05, 4.69) is 15.3 Å². The normalized spacial score (nSPS) is 11.5. The van der Waals surface area contributed by atoms with Gasteiger partial charge in [-0.1, -0.05) is 13.8 Å². The Hall–Kier alpha value is -0.810. The fraction of sp³-hybridized carbons (Fsp3) is 0.636. The molecule has 0 aliphatic carbocycles. The number of anilines is 1. The van der Waals surface area contributed by atoms with Gasteiger partial charge < -0.3 is 10.4 Å². The lowest BCUT2D eigenvalue weighted by Crippen LogP contribution is -2.35. The first-order chi connectivity index (χ1) is 7.63. The fourth-order valence-corrected chi connectivity index (χ4v) is 1.68. The first kappa shape index (κ1) is 13.3. The third-order valence-electron chi connectivity index (χ3n) is 2.77. The molecule has 4 nitrogen and oxygen atoms in total. The Bertz CT molecular complexity index is 329. The Labute approximate surface area is 101 Å². The first-order valence-corrected chi connectivity index (χ1v) is 6.68. The number of hydrogen-bond acceptors (Lipinski definition) is 5. The van der Waals surface area contributed by atoms with Gasteiger partial charge in [-0.2, -0.15) is 0 Å². The van der Waals surface area contributed by atoms with E-state index in [0.29, 0.717) is 6.54 Å². The molecule has 0 fully saturated rings. The molecule has 0 saturated carbocycles. The van der Waals surface area contributed by atoms with Crippen molar-refractivity contribution in [1.29, 1.82) is 0 Å². The van der Waals surface area contributed by atoms with Crippen LogP contribution in [0.15, 0.2) is 17.4 Å². The van der Waals surface area contributed by atoms with Crippen LogP contribution in [0.25, 0.3) is 0 Å². The van der Waals surface area contributed by atoms with E-state index in [4.69, 9.17) is 0 Å². The molecule has 0 radical (unpaired) electrons. The van der Waals surface area contributed by atoms with E-state index < -0.39 is 5.60 Å². The van der Waals surface area contributed by atoms with E-state index in [-0.39, 0.29) is 0 Å². The summed E-state index contributed by atoms with van der Waals surface area (Å²) >= 11 is 1.57. The molecule has 1 aromatic heterocycles. The van der Waals surface area contributed by atoms with Crippen molar-refractivity contribution >= 4 is 17.6 Å². The molecule has 90 valence electrons. The zero-order valence-electron chi connectivity index (χ0n) is 10.0. The highest BCUT2D eigenvalue weighted by molar-refractivity contribution is 7.98. The van der Waals surface area contributed by atoms with Gasteiger partial charge in [0.15, 0.2) is 0 Å². The van der Waals surface area contributed by atoms with Gasteiger partial charge in [-0.05, 0) is 19.1 Å². The quantitative estimate of drug-likeness (QED) is 0.590. The highest BCUT2D eigenvalue weighted by Gasteiger charge is 2.21. The van der Waals surface area contributed by atoms with Gasteiger partial charge in [-0.25, -0.2) is 9.97 Å². The molecule has 0 atom stereocenters. The van der Waals surface area contributed by atoms with E-state index in [1.54, 1.807) is 11.8 Å². The van der Waals surface area contributed by atoms with Crippen LogP contribution in [0, 0.1) is 0 Å². The van der Waals surface area contributed by atoms with Gasteiger partial charge in [0, 0.05) is 12.6 Å². The first-order valence-electron chi connectivity index (χ1n) is 5.46. The van der Waals surface area contributed by atoms with Crippen LogP contribution in [0.2, 0.25) is 0 Å². The van der Waals surface area contributed by atoms with E-state index in [9.17, 15) is 5.11 Å². The molecular formula is C11H19N3OS. The van der Waals surface area contributed by atoms with Gasteiger partial charge in [0.25, 0.3) is 0 Å². The lowest BCUT2D eigenvalue weighted by Gasteiger charge is -2.25. The van der Waals surface area contributed by atoms with Gasteiger partial charge in [0.05, 0.1) is 5.60 Å². The number of hydrogen-bond donors (Lipinski definition) is 2. The van der Waals surface area contributed by atoms with E-state index >= 15 is 0 Å². The molecule has 1 heterocycles. The minimum absolute atomic E-state index is 0.519. The SMILES string of the molecule is CCC(O)(CC)CNc1cc(SC)ncn1. The van der Waals surface area contributed by atoms with Crippen molar-refractivity contribution in [3.63, 3.8) is 0 Å². The van der Waals surface area contributed by atoms with Gasteiger partial charge in [0.1, 0.15) is 17.2 Å². The van der Waals surface area contributed by atoms with Crippen LogP contribution in [-0.2, 0) is 0 Å². The van der Waals surface area contributed by atoms with Crippen molar-refractivity contribution in [3.8, 4) is 0 Å². The Morgan fingerprint density at radius 1 is 1.38 bits per heavy atom. The van der Waals surface area contributed by atoms with Crippen LogP contribution in [0.1, 0.15) is 26.7 Å². The van der Waals surface area contributed by atoms with Gasteiger partial charge >= 0.3 is 0 Å². The molecule has 0 saturated heterocycles. The van der Waals surface area contributed by atoms with Crippen LogP contribution in [0.5, 0.6) is 0 Å². The summed E-state index contributed by atoms with van der Waals surface area (Å²) in [6.07, 6.45) is 4.97. The van der Waals surface area contributed by atoms with Crippen molar-refractivity contribution in [2.45, 2.75) is 37.3 Å². The second-order valence-corrected chi connectivity index (χ2v) is 4.56. The van der Waals surface area contributed by atoms with Gasteiger partial charge in [-0.15, -0.1) is 11.8 Å². The van der Waals surface area contributed by atoms with E-state index in [1.165, 1.54) is 6.33 Å². The van der Waals surface area contributed by atoms with E-state index in [0.717, 1.165) is 23.7 Å². The highest BCUT2D eigenvalue weighted by atomic mass is 32.2. The topological polar surface area (TPSA) is 58.0 Å². The minimum atomic E-state index is -0.648. The van der Waals surface area contributed by atoms with Crippen molar-refractivity contribution in [1.82, 2.24) is 9.97 Å². The van der Waals surface area contributed by atoms with Crippen molar-refractivity contribution in [2.75, 3.05) is 18.1 Å². The summed E-state index contributed by atoms with van der Waals surface area (Å²) in [5, 5.41) is 14.2. The van der Waals surface area contributed by atoms with E-state index in [1.807, 2.05) is 26.2 Å². The van der Waals surface area contributed by atoms with Crippen LogP contribution < -0.4 is 5.32 Å². The summed E-state index contributed by atoms with van der Waals surface area (Å²) in [5.74, 6) is 0.764. The molecule has 16 heavy (non-hydrogen) atoms. The molecule has 1 rings (SSSR count). The molecule has 0 unspecified atom stereocenters. The summed E-state index contributed by atoms with van der Waals surface area (Å²) in [6, 6.07) is 1.89. The molecule has 5 heteroatoms. The Kier molecular flexibility index (Phi) is 5.02. The number of aliphatic hydroxyl groups is 1. The Morgan fingerprint density at radius 2 is 2.06 bits per heavy atom. The summed E-state index contributed by atoms with van der Waals surface area (Å²) in [5.41, 5.74) is -0.648. The predicted molar refractivity (Wildman–Crippen MR) is 67.8 cm³/mol. The Morgan fingerprint density at radius 3 is 2.62 bits per heavy atom. The Balaban J connectivity index is 2.60. The van der Waals surface area contributed by atoms with Crippen molar-refractivity contribution < 1.29 is 5.11 Å². The maximum absolute atomic E-state index is 10.1. The summed E-state index contributed by atoms with van der Waals surface area (Å²) < 4.78 is 0. The maximum atomic E-state index is 10.1. The zero-order valence-corrected chi connectivity index (χ0v) is 10.8. The predicted octanol–water partition coefficient (Wildman–Crippen LogP) is 2.16. The molecule has 0 bridgehead atoms. The van der Waals surface area contributed by atoms with Crippen molar-refractivity contribution in [3.05, 3.63) is 12.4 Å². The molecular weight excluding hydrogens is 222 g/mol. The van der Waals surface area contributed by atoms with Crippen molar-refractivity contribution in [2.24, 2.45) is 0 Å². The smallest absolute Gasteiger partial charge is 0.130 e. The van der Waals surface area contributed by atoms with Crippen LogP contribution in [-0.4, -0.2) is 33.5 Å². The third-order valence-corrected chi connectivity index (χ3v) is 3.41. The molecule has 0 aromatic carbocycles. The average molecular weight is 241 g/mol. The van der Waals surface area contributed by atoms with Gasteiger partial charge in [-0.3, -0.25) is 0 Å². The standard InChI is InChI=1S/C11H19N3OS/c1-4-11(15,5-2)7-12-9-6-10(16-3)14-8-13-9/h6,8,15H,4-5,7H2,1-3H3,(H,12,13,14). The zero-order chi connectivity index (χ0) is 12.0. The lowest BCUT2D eigenvalue weighted by molar-refractivity contribution is 0.0456. The fourth-order valence-electron chi connectivity index (χ4n) is 1.30. The van der Waals surface area contributed by atoms with Crippen LogP contribution >= 0.6 is 11.8 Å². The van der Waals surface area contributed by atoms with Crippen LogP contribution in [0.3, 0.4) is 0 Å². The van der Waals surface area contributed by atoms with Gasteiger partial charge in [0.2, 0.25) is 0 Å². The molecule has 1 aromatic rings. The maximum Gasteiger partial charge on any atom is 0.130 e. The molecule has 0 spiro atoms. The highest BCUT2D eigenvalue weighted by Crippen LogP contribution is 2.17. The summed E-state index contributed by atoms with van der Waals surface area (Å²) in [7, 11) is 0. The summed E-state index contributed by atoms with van der Waals surface area (Å²) in [6.45, 7) is 4.49. The third kappa shape index (κ3) is 3.64. The number of rotatable bonds is 6. The lowest BCUT2D eigenvalue weighted by atomic mass is 9.98. The largest absolute Gasteiger partial charge is 0.388 e. The number of aromatic nitrogens is 2. The number of nitrogens with zero attached hydrogens (tertiary/aromatic N) is 2. The van der Waals surface area contributed by atoms with Crippen LogP contribution in [0.4, 0.5) is 5.82 Å².